The molecule has 0 aromatic heterocycles. The predicted octanol–water partition coefficient (Wildman–Crippen LogP) is 1.69. The molecule has 19 heavy (non-hydrogen) atoms. The van der Waals surface area contributed by atoms with Crippen molar-refractivity contribution in [3.8, 4) is 0 Å². The predicted molar refractivity (Wildman–Crippen MR) is 69.0 cm³/mol. The lowest BCUT2D eigenvalue weighted by atomic mass is 10.0. The van der Waals surface area contributed by atoms with Crippen LogP contribution in [0.4, 0.5) is 0 Å². The second-order valence-electron chi connectivity index (χ2n) is 4.39. The minimum absolute atomic E-state index is 0.100. The molecule has 0 radical (unpaired) electrons. The van der Waals surface area contributed by atoms with Gasteiger partial charge in [0.25, 0.3) is 0 Å². The minimum atomic E-state index is -0.800. The van der Waals surface area contributed by atoms with Crippen molar-refractivity contribution in [2.24, 2.45) is 0 Å². The first-order chi connectivity index (χ1) is 9.18. The maximum Gasteiger partial charge on any atom is 0.246 e. The topological polar surface area (TPSA) is 48.0 Å². The highest BCUT2D eigenvalue weighted by Crippen LogP contribution is 2.35. The summed E-state index contributed by atoms with van der Waals surface area (Å²) in [6.07, 6.45) is 0.781. The molecule has 0 unspecified atom stereocenters. The fourth-order valence-electron chi connectivity index (χ4n) is 2.13. The van der Waals surface area contributed by atoms with Gasteiger partial charge in [0.2, 0.25) is 5.91 Å². The normalized spacial score (nSPS) is 17.4. The summed E-state index contributed by atoms with van der Waals surface area (Å²) < 4.78 is 11.5. The molecule has 1 aromatic carbocycles. The molecule has 5 heteroatoms. The van der Waals surface area contributed by atoms with Crippen molar-refractivity contribution in [3.63, 3.8) is 0 Å². The van der Waals surface area contributed by atoms with Gasteiger partial charge in [0.05, 0.1) is 20.3 Å². The van der Waals surface area contributed by atoms with E-state index < -0.39 is 5.79 Å². The number of rotatable bonds is 5. The Morgan fingerprint density at radius 1 is 1.32 bits per heavy atom. The molecule has 1 amide bonds. The summed E-state index contributed by atoms with van der Waals surface area (Å²) in [4.78, 5) is 16.7. The Balaban J connectivity index is 2.07. The van der Waals surface area contributed by atoms with E-state index in [2.05, 4.69) is 0 Å². The van der Waals surface area contributed by atoms with Crippen molar-refractivity contribution in [2.45, 2.75) is 18.6 Å². The van der Waals surface area contributed by atoms with Crippen molar-refractivity contribution < 1.29 is 19.1 Å². The van der Waals surface area contributed by atoms with E-state index in [1.807, 2.05) is 30.3 Å². The maximum atomic E-state index is 11.8. The minimum Gasteiger partial charge on any atom is -0.343 e. The molecule has 1 aliphatic rings. The third kappa shape index (κ3) is 3.12. The van der Waals surface area contributed by atoms with Crippen molar-refractivity contribution in [3.05, 3.63) is 35.9 Å². The van der Waals surface area contributed by atoms with Crippen LogP contribution in [0.5, 0.6) is 0 Å². The summed E-state index contributed by atoms with van der Waals surface area (Å²) in [7, 11) is 3.06. The molecule has 2 rings (SSSR count). The largest absolute Gasteiger partial charge is 0.343 e. The van der Waals surface area contributed by atoms with Crippen molar-refractivity contribution in [2.75, 3.05) is 27.4 Å². The van der Waals surface area contributed by atoms with E-state index >= 15 is 0 Å². The zero-order valence-electron chi connectivity index (χ0n) is 11.3. The molecule has 1 aromatic rings. The number of hydroxylamine groups is 2. The van der Waals surface area contributed by atoms with Crippen LogP contribution in [0.25, 0.3) is 0 Å². The molecule has 0 N–H and O–H groups in total. The summed E-state index contributed by atoms with van der Waals surface area (Å²) in [5.74, 6) is -0.900. The van der Waals surface area contributed by atoms with Gasteiger partial charge in [0, 0.05) is 25.5 Å². The van der Waals surface area contributed by atoms with Gasteiger partial charge >= 0.3 is 0 Å². The summed E-state index contributed by atoms with van der Waals surface area (Å²) >= 11 is 0. The Morgan fingerprint density at radius 3 is 2.53 bits per heavy atom. The number of amides is 1. The highest BCUT2D eigenvalue weighted by molar-refractivity contribution is 5.74. The Kier molecular flexibility index (Phi) is 4.52. The second-order valence-corrected chi connectivity index (χ2v) is 4.39. The van der Waals surface area contributed by atoms with Crippen molar-refractivity contribution in [1.82, 2.24) is 5.06 Å². The summed E-state index contributed by atoms with van der Waals surface area (Å²) in [5, 5.41) is 1.22. The second kappa shape index (κ2) is 6.14. The SMILES string of the molecule is CON(C)C(=O)CCC1(c2ccccc2)OCCO1. The molecule has 104 valence electrons. The summed E-state index contributed by atoms with van der Waals surface area (Å²) in [6.45, 7) is 1.09. The van der Waals surface area contributed by atoms with Gasteiger partial charge in [-0.25, -0.2) is 5.06 Å². The quantitative estimate of drug-likeness (QED) is 0.760. The van der Waals surface area contributed by atoms with Gasteiger partial charge in [0.1, 0.15) is 0 Å². The van der Waals surface area contributed by atoms with Crippen LogP contribution in [0.1, 0.15) is 18.4 Å². The third-order valence-electron chi connectivity index (χ3n) is 3.26. The van der Waals surface area contributed by atoms with Crippen LogP contribution in [-0.2, 0) is 24.9 Å². The van der Waals surface area contributed by atoms with Gasteiger partial charge in [0.15, 0.2) is 5.79 Å². The van der Waals surface area contributed by atoms with E-state index in [1.165, 1.54) is 12.2 Å². The average molecular weight is 265 g/mol. The molecular formula is C14H19NO4. The molecule has 1 heterocycles. The molecule has 0 saturated carbocycles. The van der Waals surface area contributed by atoms with Crippen LogP contribution in [-0.4, -0.2) is 38.3 Å². The van der Waals surface area contributed by atoms with Crippen LogP contribution >= 0.6 is 0 Å². The monoisotopic (exact) mass is 265 g/mol. The number of carbonyl (C=O) groups excluding carboxylic acids is 1. The standard InChI is InChI=1S/C14H19NO4/c1-15(17-2)13(16)8-9-14(18-10-11-19-14)12-6-4-3-5-7-12/h3-7H,8-11H2,1-2H3. The molecular weight excluding hydrogens is 246 g/mol. The summed E-state index contributed by atoms with van der Waals surface area (Å²) in [6, 6.07) is 9.72. The molecule has 5 nitrogen and oxygen atoms in total. The molecule has 1 aliphatic heterocycles. The molecule has 1 saturated heterocycles. The molecule has 0 aliphatic carbocycles. The van der Waals surface area contributed by atoms with Crippen LogP contribution in [0.3, 0.4) is 0 Å². The van der Waals surface area contributed by atoms with Crippen LogP contribution < -0.4 is 0 Å². The molecule has 1 fully saturated rings. The lowest BCUT2D eigenvalue weighted by Crippen LogP contribution is -2.31. The Labute approximate surface area is 113 Å². The van der Waals surface area contributed by atoms with E-state index in [0.717, 1.165) is 5.56 Å². The smallest absolute Gasteiger partial charge is 0.246 e. The summed E-state index contributed by atoms with van der Waals surface area (Å²) in [5.41, 5.74) is 0.945. The van der Waals surface area contributed by atoms with E-state index in [-0.39, 0.29) is 5.91 Å². The van der Waals surface area contributed by atoms with Crippen molar-refractivity contribution >= 4 is 5.91 Å². The first-order valence-electron chi connectivity index (χ1n) is 6.32. The Bertz CT molecular complexity index is 415. The van der Waals surface area contributed by atoms with E-state index in [1.54, 1.807) is 7.05 Å². The zero-order valence-corrected chi connectivity index (χ0v) is 11.3. The number of hydrogen-bond acceptors (Lipinski definition) is 4. The number of benzene rings is 1. The van der Waals surface area contributed by atoms with E-state index in [9.17, 15) is 4.79 Å². The fourth-order valence-corrected chi connectivity index (χ4v) is 2.13. The maximum absolute atomic E-state index is 11.8. The number of nitrogens with zero attached hydrogens (tertiary/aromatic N) is 1. The van der Waals surface area contributed by atoms with Gasteiger partial charge in [-0.2, -0.15) is 0 Å². The van der Waals surface area contributed by atoms with E-state index in [4.69, 9.17) is 14.3 Å². The Morgan fingerprint density at radius 2 is 1.95 bits per heavy atom. The van der Waals surface area contributed by atoms with Gasteiger partial charge < -0.3 is 9.47 Å². The zero-order chi connectivity index (χ0) is 13.7. The number of ether oxygens (including phenoxy) is 2. The lowest BCUT2D eigenvalue weighted by Gasteiger charge is -2.28. The van der Waals surface area contributed by atoms with Crippen LogP contribution in [0.2, 0.25) is 0 Å². The van der Waals surface area contributed by atoms with Gasteiger partial charge in [-0.05, 0) is 0 Å². The first-order valence-corrected chi connectivity index (χ1v) is 6.32. The third-order valence-corrected chi connectivity index (χ3v) is 3.26. The van der Waals surface area contributed by atoms with Crippen molar-refractivity contribution in [1.29, 1.82) is 0 Å². The van der Waals surface area contributed by atoms with Crippen LogP contribution in [0, 0.1) is 0 Å². The molecule has 0 atom stereocenters. The van der Waals surface area contributed by atoms with Crippen LogP contribution in [0.15, 0.2) is 30.3 Å². The van der Waals surface area contributed by atoms with Gasteiger partial charge in [-0.1, -0.05) is 30.3 Å². The lowest BCUT2D eigenvalue weighted by molar-refractivity contribution is -0.185. The Hall–Kier alpha value is -1.43. The molecule has 0 bridgehead atoms. The van der Waals surface area contributed by atoms with Gasteiger partial charge in [-0.3, -0.25) is 9.63 Å². The number of hydrogen-bond donors (Lipinski definition) is 0. The highest BCUT2D eigenvalue weighted by Gasteiger charge is 2.38. The first kappa shape index (κ1) is 14.0. The van der Waals surface area contributed by atoms with E-state index in [0.29, 0.717) is 26.1 Å². The fraction of sp³-hybridized carbons (Fsp3) is 0.500. The number of carbonyl (C=O) groups is 1. The average Bonchev–Trinajstić information content (AvgIpc) is 2.95. The highest BCUT2D eigenvalue weighted by atomic mass is 16.7. The molecule has 0 spiro atoms. The van der Waals surface area contributed by atoms with Gasteiger partial charge in [-0.15, -0.1) is 0 Å².